The van der Waals surface area contributed by atoms with E-state index in [-0.39, 0.29) is 11.3 Å². The second-order valence-electron chi connectivity index (χ2n) is 3.89. The van der Waals surface area contributed by atoms with Crippen molar-refractivity contribution in [2.24, 2.45) is 7.05 Å². The molecule has 1 rings (SSSR count). The van der Waals surface area contributed by atoms with Crippen LogP contribution in [0.3, 0.4) is 0 Å². The van der Waals surface area contributed by atoms with Crippen molar-refractivity contribution < 1.29 is 4.21 Å². The van der Waals surface area contributed by atoms with E-state index in [2.05, 4.69) is 17.3 Å². The van der Waals surface area contributed by atoms with Crippen molar-refractivity contribution in [3.63, 3.8) is 0 Å². The Hall–Kier alpha value is -0.680. The predicted octanol–water partition coefficient (Wildman–Crippen LogP) is 0.838. The van der Waals surface area contributed by atoms with Gasteiger partial charge in [0.15, 0.2) is 0 Å². The average molecular weight is 229 g/mol. The molecule has 4 nitrogen and oxygen atoms in total. The van der Waals surface area contributed by atoms with Crippen LogP contribution < -0.4 is 5.32 Å². The fourth-order valence-electron chi connectivity index (χ4n) is 1.24. The molecular formula is C10H19N3OS. The van der Waals surface area contributed by atoms with Crippen LogP contribution in [-0.2, 0) is 17.8 Å². The van der Waals surface area contributed by atoms with Crippen molar-refractivity contribution in [2.45, 2.75) is 25.1 Å². The molecule has 1 aromatic heterocycles. The van der Waals surface area contributed by atoms with Crippen molar-refractivity contribution in [1.82, 2.24) is 15.1 Å². The average Bonchev–Trinajstić information content (AvgIpc) is 2.60. The van der Waals surface area contributed by atoms with Crippen LogP contribution in [0.25, 0.3) is 0 Å². The zero-order chi connectivity index (χ0) is 11.4. The van der Waals surface area contributed by atoms with E-state index in [9.17, 15) is 4.21 Å². The molecule has 3 atom stereocenters. The van der Waals surface area contributed by atoms with Gasteiger partial charge in [-0.1, -0.05) is 0 Å². The van der Waals surface area contributed by atoms with Crippen LogP contribution in [0.1, 0.15) is 25.5 Å². The Balaban J connectivity index is 2.43. The summed E-state index contributed by atoms with van der Waals surface area (Å²) < 4.78 is 12.9. The minimum Gasteiger partial charge on any atom is -0.309 e. The maximum atomic E-state index is 11.2. The SMILES string of the molecule is CC(NCC(C)S(C)=O)c1cnn(C)c1. The Bertz CT molecular complexity index is 337. The Morgan fingerprint density at radius 2 is 2.27 bits per heavy atom. The zero-order valence-corrected chi connectivity index (χ0v) is 10.5. The predicted molar refractivity (Wildman–Crippen MR) is 63.2 cm³/mol. The second-order valence-corrected chi connectivity index (χ2v) is 5.69. The highest BCUT2D eigenvalue weighted by Gasteiger charge is 2.10. The molecule has 15 heavy (non-hydrogen) atoms. The van der Waals surface area contributed by atoms with E-state index in [1.165, 1.54) is 0 Å². The van der Waals surface area contributed by atoms with Gasteiger partial charge in [0.2, 0.25) is 0 Å². The molecule has 3 unspecified atom stereocenters. The van der Waals surface area contributed by atoms with Gasteiger partial charge < -0.3 is 5.32 Å². The van der Waals surface area contributed by atoms with E-state index in [0.717, 1.165) is 12.1 Å². The highest BCUT2D eigenvalue weighted by Crippen LogP contribution is 2.10. The minimum absolute atomic E-state index is 0.184. The van der Waals surface area contributed by atoms with Crippen LogP contribution in [0.5, 0.6) is 0 Å². The van der Waals surface area contributed by atoms with Gasteiger partial charge in [0, 0.05) is 53.7 Å². The number of nitrogens with one attached hydrogen (secondary N) is 1. The van der Waals surface area contributed by atoms with E-state index < -0.39 is 10.8 Å². The Labute approximate surface area is 93.5 Å². The first-order chi connectivity index (χ1) is 7.00. The van der Waals surface area contributed by atoms with Gasteiger partial charge in [0.05, 0.1) is 6.20 Å². The van der Waals surface area contributed by atoms with Crippen LogP contribution in [0.15, 0.2) is 12.4 Å². The third-order valence-electron chi connectivity index (χ3n) is 2.50. The zero-order valence-electron chi connectivity index (χ0n) is 9.73. The summed E-state index contributed by atoms with van der Waals surface area (Å²) in [4.78, 5) is 0. The number of rotatable bonds is 5. The van der Waals surface area contributed by atoms with E-state index in [4.69, 9.17) is 0 Å². The Morgan fingerprint density at radius 3 is 2.73 bits per heavy atom. The maximum Gasteiger partial charge on any atom is 0.0537 e. The lowest BCUT2D eigenvalue weighted by molar-refractivity contribution is 0.568. The summed E-state index contributed by atoms with van der Waals surface area (Å²) in [5.74, 6) is 0. The first kappa shape index (κ1) is 12.4. The van der Waals surface area contributed by atoms with Crippen molar-refractivity contribution in [2.75, 3.05) is 12.8 Å². The molecule has 5 heteroatoms. The first-order valence-electron chi connectivity index (χ1n) is 5.05. The molecule has 0 saturated carbocycles. The third kappa shape index (κ3) is 3.76. The second kappa shape index (κ2) is 5.42. The van der Waals surface area contributed by atoms with E-state index in [0.29, 0.717) is 0 Å². The van der Waals surface area contributed by atoms with Gasteiger partial charge in [-0.2, -0.15) is 5.10 Å². The third-order valence-corrected chi connectivity index (χ3v) is 3.80. The van der Waals surface area contributed by atoms with Crippen LogP contribution >= 0.6 is 0 Å². The summed E-state index contributed by atoms with van der Waals surface area (Å²) in [7, 11) is 1.14. The van der Waals surface area contributed by atoms with E-state index in [1.807, 2.05) is 26.4 Å². The molecule has 1 N–H and O–H groups in total. The monoisotopic (exact) mass is 229 g/mol. The van der Waals surface area contributed by atoms with Gasteiger partial charge in [-0.25, -0.2) is 0 Å². The normalized spacial score (nSPS) is 17.3. The van der Waals surface area contributed by atoms with Crippen molar-refractivity contribution in [1.29, 1.82) is 0 Å². The largest absolute Gasteiger partial charge is 0.309 e. The minimum atomic E-state index is -0.761. The first-order valence-corrected chi connectivity index (χ1v) is 6.67. The van der Waals surface area contributed by atoms with Crippen molar-refractivity contribution >= 4 is 10.8 Å². The molecule has 1 heterocycles. The fraction of sp³-hybridized carbons (Fsp3) is 0.700. The number of aromatic nitrogens is 2. The highest BCUT2D eigenvalue weighted by molar-refractivity contribution is 7.84. The number of nitrogens with zero attached hydrogens (tertiary/aromatic N) is 2. The molecule has 1 aromatic rings. The standard InChI is InChI=1S/C10H19N3OS/c1-8(15(4)14)5-11-9(2)10-6-12-13(3)7-10/h6-9,11H,5H2,1-4H3. The molecule has 0 spiro atoms. The lowest BCUT2D eigenvalue weighted by Gasteiger charge is -2.15. The lowest BCUT2D eigenvalue weighted by atomic mass is 10.2. The summed E-state index contributed by atoms with van der Waals surface area (Å²) >= 11 is 0. The Morgan fingerprint density at radius 1 is 1.60 bits per heavy atom. The highest BCUT2D eigenvalue weighted by atomic mass is 32.2. The van der Waals surface area contributed by atoms with Crippen LogP contribution in [0.4, 0.5) is 0 Å². The molecule has 86 valence electrons. The van der Waals surface area contributed by atoms with Crippen LogP contribution in [0.2, 0.25) is 0 Å². The molecule has 0 bridgehead atoms. The number of hydrogen-bond acceptors (Lipinski definition) is 3. The topological polar surface area (TPSA) is 46.9 Å². The smallest absolute Gasteiger partial charge is 0.0537 e. The van der Waals surface area contributed by atoms with Gasteiger partial charge >= 0.3 is 0 Å². The lowest BCUT2D eigenvalue weighted by Crippen LogP contribution is -2.29. The van der Waals surface area contributed by atoms with Crippen molar-refractivity contribution in [3.8, 4) is 0 Å². The summed E-state index contributed by atoms with van der Waals surface area (Å²) in [6, 6.07) is 0.254. The van der Waals surface area contributed by atoms with Gasteiger partial charge in [0.25, 0.3) is 0 Å². The molecular weight excluding hydrogens is 210 g/mol. The van der Waals surface area contributed by atoms with Gasteiger partial charge in [-0.15, -0.1) is 0 Å². The molecule has 0 saturated heterocycles. The van der Waals surface area contributed by atoms with Crippen LogP contribution in [-0.4, -0.2) is 32.0 Å². The van der Waals surface area contributed by atoms with E-state index in [1.54, 1.807) is 10.9 Å². The van der Waals surface area contributed by atoms with Gasteiger partial charge in [0.1, 0.15) is 0 Å². The quantitative estimate of drug-likeness (QED) is 0.814. The van der Waals surface area contributed by atoms with Crippen LogP contribution in [0, 0.1) is 0 Å². The summed E-state index contributed by atoms with van der Waals surface area (Å²) in [6.45, 7) is 4.83. The van der Waals surface area contributed by atoms with Gasteiger partial charge in [-0.3, -0.25) is 8.89 Å². The fourth-order valence-corrected chi connectivity index (χ4v) is 1.57. The summed E-state index contributed by atoms with van der Waals surface area (Å²) in [6.07, 6.45) is 5.58. The van der Waals surface area contributed by atoms with E-state index >= 15 is 0 Å². The maximum absolute atomic E-state index is 11.2. The molecule has 0 aromatic carbocycles. The molecule has 0 fully saturated rings. The molecule has 0 aliphatic rings. The molecule has 0 aliphatic heterocycles. The number of aryl methyl sites for hydroxylation is 1. The van der Waals surface area contributed by atoms with Crippen molar-refractivity contribution in [3.05, 3.63) is 18.0 Å². The Kier molecular flexibility index (Phi) is 4.47. The molecule has 0 aliphatic carbocycles. The summed E-state index contributed by atoms with van der Waals surface area (Å²) in [5.41, 5.74) is 1.16. The van der Waals surface area contributed by atoms with Gasteiger partial charge in [-0.05, 0) is 13.8 Å². The summed E-state index contributed by atoms with van der Waals surface area (Å²) in [5, 5.41) is 7.65. The molecule has 0 radical (unpaired) electrons. The molecule has 0 amide bonds. The number of hydrogen-bond donors (Lipinski definition) is 1.